The van der Waals surface area contributed by atoms with Crippen LogP contribution >= 0.6 is 0 Å². The molecule has 0 aromatic rings. The molecule has 0 aromatic heterocycles. The normalized spacial score (nSPS) is 10.6. The highest BCUT2D eigenvalue weighted by molar-refractivity contribution is 4.47. The van der Waals surface area contributed by atoms with E-state index in [1.54, 1.807) is 7.11 Å². The Bertz CT molecular complexity index is 76.2. The smallest absolute Gasteiger partial charge is 0.0462 e. The van der Waals surface area contributed by atoms with Crippen molar-refractivity contribution in [2.45, 2.75) is 44.9 Å². The van der Waals surface area contributed by atoms with Gasteiger partial charge in [-0.05, 0) is 26.4 Å². The zero-order valence-corrected chi connectivity index (χ0v) is 9.27. The molecule has 0 aromatic carbocycles. The topological polar surface area (TPSA) is 21.3 Å². The quantitative estimate of drug-likeness (QED) is 0.531. The van der Waals surface area contributed by atoms with Gasteiger partial charge in [-0.1, -0.05) is 32.1 Å². The van der Waals surface area contributed by atoms with Gasteiger partial charge >= 0.3 is 0 Å². The molecule has 0 aliphatic heterocycles. The van der Waals surface area contributed by atoms with E-state index in [4.69, 9.17) is 4.74 Å². The molecule has 0 amide bonds. The van der Waals surface area contributed by atoms with Crippen LogP contribution < -0.4 is 5.32 Å². The summed E-state index contributed by atoms with van der Waals surface area (Å²) in [6, 6.07) is 0. The summed E-state index contributed by atoms with van der Waals surface area (Å²) in [6.07, 6.45) is 9.44. The van der Waals surface area contributed by atoms with Crippen molar-refractivity contribution in [3.8, 4) is 0 Å². The Morgan fingerprint density at radius 3 is 1.92 bits per heavy atom. The molecule has 0 aliphatic rings. The van der Waals surface area contributed by atoms with Crippen LogP contribution in [0.4, 0.5) is 0 Å². The van der Waals surface area contributed by atoms with Gasteiger partial charge in [0.05, 0.1) is 0 Å². The number of unbranched alkanes of at least 4 members (excludes halogenated alkanes) is 6. The number of rotatable bonds is 10. The van der Waals surface area contributed by atoms with Gasteiger partial charge in [0.25, 0.3) is 0 Å². The largest absolute Gasteiger partial charge is 0.385 e. The number of ether oxygens (including phenoxy) is 1. The maximum absolute atomic E-state index is 4.99. The molecule has 0 atom stereocenters. The lowest BCUT2D eigenvalue weighted by Gasteiger charge is -2.01. The van der Waals surface area contributed by atoms with Crippen molar-refractivity contribution in [3.63, 3.8) is 0 Å². The van der Waals surface area contributed by atoms with Crippen LogP contribution in [0.3, 0.4) is 0 Å². The zero-order valence-electron chi connectivity index (χ0n) is 9.27. The fraction of sp³-hybridized carbons (Fsp3) is 1.00. The van der Waals surface area contributed by atoms with Gasteiger partial charge in [0, 0.05) is 13.7 Å². The van der Waals surface area contributed by atoms with Gasteiger partial charge in [0.15, 0.2) is 0 Å². The van der Waals surface area contributed by atoms with E-state index < -0.39 is 0 Å². The molecule has 0 fully saturated rings. The third kappa shape index (κ3) is 11.9. The fourth-order valence-corrected chi connectivity index (χ4v) is 1.43. The van der Waals surface area contributed by atoms with Crippen molar-refractivity contribution >= 4 is 0 Å². The standard InChI is InChI=1S/C11H25NO/c1-12-10-8-6-4-3-5-7-9-11-13-2/h12H,3-11H2,1-2H3. The molecule has 0 rings (SSSR count). The molecule has 80 valence electrons. The average molecular weight is 187 g/mol. The summed E-state index contributed by atoms with van der Waals surface area (Å²) >= 11 is 0. The highest BCUT2D eigenvalue weighted by Gasteiger charge is 1.90. The Morgan fingerprint density at radius 1 is 0.846 bits per heavy atom. The second-order valence-electron chi connectivity index (χ2n) is 3.57. The SMILES string of the molecule is CNCCCCCCCCCOC. The van der Waals surface area contributed by atoms with E-state index in [0.29, 0.717) is 0 Å². The summed E-state index contributed by atoms with van der Waals surface area (Å²) in [6.45, 7) is 2.10. The van der Waals surface area contributed by atoms with E-state index in [1.165, 1.54) is 51.5 Å². The monoisotopic (exact) mass is 187 g/mol. The van der Waals surface area contributed by atoms with Crippen LogP contribution in [0.1, 0.15) is 44.9 Å². The van der Waals surface area contributed by atoms with Crippen LogP contribution in [0.5, 0.6) is 0 Å². The molecular formula is C11H25NO. The lowest BCUT2D eigenvalue weighted by molar-refractivity contribution is 0.192. The molecule has 2 nitrogen and oxygen atoms in total. The molecule has 0 saturated carbocycles. The summed E-state index contributed by atoms with van der Waals surface area (Å²) < 4.78 is 4.99. The van der Waals surface area contributed by atoms with Gasteiger partial charge in [-0.25, -0.2) is 0 Å². The molecule has 0 radical (unpaired) electrons. The first kappa shape index (κ1) is 12.9. The molecular weight excluding hydrogens is 162 g/mol. The molecule has 0 saturated heterocycles. The molecule has 1 N–H and O–H groups in total. The highest BCUT2D eigenvalue weighted by Crippen LogP contribution is 2.06. The van der Waals surface area contributed by atoms with E-state index >= 15 is 0 Å². The lowest BCUT2D eigenvalue weighted by atomic mass is 10.1. The maximum Gasteiger partial charge on any atom is 0.0462 e. The van der Waals surface area contributed by atoms with Gasteiger partial charge in [0.1, 0.15) is 0 Å². The van der Waals surface area contributed by atoms with Crippen molar-refractivity contribution in [1.29, 1.82) is 0 Å². The van der Waals surface area contributed by atoms with E-state index in [-0.39, 0.29) is 0 Å². The summed E-state index contributed by atoms with van der Waals surface area (Å²) in [4.78, 5) is 0. The predicted octanol–water partition coefficient (Wildman–Crippen LogP) is 2.58. The molecule has 2 heteroatoms. The third-order valence-electron chi connectivity index (χ3n) is 2.28. The highest BCUT2D eigenvalue weighted by atomic mass is 16.5. The minimum absolute atomic E-state index is 0.930. The number of nitrogens with one attached hydrogen (secondary N) is 1. The van der Waals surface area contributed by atoms with Gasteiger partial charge in [0.2, 0.25) is 0 Å². The van der Waals surface area contributed by atoms with E-state index in [9.17, 15) is 0 Å². The Morgan fingerprint density at radius 2 is 1.38 bits per heavy atom. The number of hydrogen-bond acceptors (Lipinski definition) is 2. The summed E-state index contributed by atoms with van der Waals surface area (Å²) in [5, 5.41) is 3.17. The molecule has 0 aliphatic carbocycles. The molecule has 0 spiro atoms. The van der Waals surface area contributed by atoms with E-state index in [2.05, 4.69) is 5.32 Å². The average Bonchev–Trinajstić information content (AvgIpc) is 2.16. The molecule has 0 heterocycles. The lowest BCUT2D eigenvalue weighted by Crippen LogP contribution is -2.06. The Labute approximate surface area is 83.1 Å². The Hall–Kier alpha value is -0.0800. The van der Waals surface area contributed by atoms with Gasteiger partial charge < -0.3 is 10.1 Å². The van der Waals surface area contributed by atoms with Crippen molar-refractivity contribution in [2.24, 2.45) is 0 Å². The van der Waals surface area contributed by atoms with Crippen LogP contribution in [0.25, 0.3) is 0 Å². The van der Waals surface area contributed by atoms with Gasteiger partial charge in [-0.2, -0.15) is 0 Å². The first-order valence-corrected chi connectivity index (χ1v) is 5.55. The third-order valence-corrected chi connectivity index (χ3v) is 2.28. The fourth-order valence-electron chi connectivity index (χ4n) is 1.43. The minimum Gasteiger partial charge on any atom is -0.385 e. The van der Waals surface area contributed by atoms with E-state index in [0.717, 1.165) is 6.61 Å². The minimum atomic E-state index is 0.930. The van der Waals surface area contributed by atoms with Crippen LogP contribution in [0.2, 0.25) is 0 Å². The van der Waals surface area contributed by atoms with Gasteiger partial charge in [-0.15, -0.1) is 0 Å². The van der Waals surface area contributed by atoms with Crippen molar-refractivity contribution in [3.05, 3.63) is 0 Å². The second kappa shape index (κ2) is 11.9. The maximum atomic E-state index is 4.99. The van der Waals surface area contributed by atoms with Crippen LogP contribution in [-0.4, -0.2) is 27.3 Å². The molecule has 0 unspecified atom stereocenters. The van der Waals surface area contributed by atoms with Crippen molar-refractivity contribution in [1.82, 2.24) is 5.32 Å². The predicted molar refractivity (Wildman–Crippen MR) is 58.1 cm³/mol. The first-order valence-electron chi connectivity index (χ1n) is 5.55. The van der Waals surface area contributed by atoms with Gasteiger partial charge in [-0.3, -0.25) is 0 Å². The molecule has 0 bridgehead atoms. The van der Waals surface area contributed by atoms with Crippen LogP contribution in [0.15, 0.2) is 0 Å². The Balaban J connectivity index is 2.76. The summed E-state index contributed by atoms with van der Waals surface area (Å²) in [7, 11) is 3.79. The van der Waals surface area contributed by atoms with E-state index in [1.807, 2.05) is 7.05 Å². The zero-order chi connectivity index (χ0) is 9.78. The number of hydrogen-bond donors (Lipinski definition) is 1. The van der Waals surface area contributed by atoms with Crippen molar-refractivity contribution < 1.29 is 4.74 Å². The number of methoxy groups -OCH3 is 1. The second-order valence-corrected chi connectivity index (χ2v) is 3.57. The first-order chi connectivity index (χ1) is 6.41. The van der Waals surface area contributed by atoms with Crippen molar-refractivity contribution in [2.75, 3.05) is 27.3 Å². The summed E-state index contributed by atoms with van der Waals surface area (Å²) in [5.74, 6) is 0. The Kier molecular flexibility index (Phi) is 11.8. The summed E-state index contributed by atoms with van der Waals surface area (Å²) in [5.41, 5.74) is 0. The van der Waals surface area contributed by atoms with Crippen LogP contribution in [-0.2, 0) is 4.74 Å². The van der Waals surface area contributed by atoms with Crippen LogP contribution in [0, 0.1) is 0 Å². The molecule has 13 heavy (non-hydrogen) atoms.